The molecule has 0 saturated heterocycles. The van der Waals surface area contributed by atoms with E-state index < -0.39 is 5.97 Å². The van der Waals surface area contributed by atoms with E-state index >= 15 is 0 Å². The van der Waals surface area contributed by atoms with Crippen LogP contribution in [0.15, 0.2) is 40.9 Å². The fraction of sp³-hybridized carbons (Fsp3) is 0.348. The lowest BCUT2D eigenvalue weighted by atomic mass is 10.1. The maximum atomic E-state index is 12.7. The first-order valence-electron chi connectivity index (χ1n) is 9.86. The van der Waals surface area contributed by atoms with E-state index in [4.69, 9.17) is 14.0 Å². The van der Waals surface area contributed by atoms with Crippen molar-refractivity contribution in [3.05, 3.63) is 59.0 Å². The zero-order chi connectivity index (χ0) is 21.7. The van der Waals surface area contributed by atoms with Gasteiger partial charge in [-0.2, -0.15) is 0 Å². The number of carbonyl (C=O) groups is 2. The number of rotatable bonds is 8. The molecule has 0 unspecified atom stereocenters. The lowest BCUT2D eigenvalue weighted by Crippen LogP contribution is -2.31. The number of nitrogens with one attached hydrogen (secondary N) is 1. The fourth-order valence-electron chi connectivity index (χ4n) is 2.93. The highest BCUT2D eigenvalue weighted by Gasteiger charge is 2.19. The Morgan fingerprint density at radius 2 is 1.83 bits per heavy atom. The van der Waals surface area contributed by atoms with Gasteiger partial charge >= 0.3 is 5.97 Å². The SMILES string of the molecule is Cc1noc(C)c1COc1cc2ccccc2cc1C(=O)OCC(=O)NCC(C)C. The first-order valence-corrected chi connectivity index (χ1v) is 9.86. The van der Waals surface area contributed by atoms with Crippen molar-refractivity contribution in [1.82, 2.24) is 10.5 Å². The molecule has 0 spiro atoms. The number of carbonyl (C=O) groups excluding carboxylic acids is 2. The Hall–Kier alpha value is -3.35. The minimum atomic E-state index is -0.616. The minimum absolute atomic E-state index is 0.203. The zero-order valence-electron chi connectivity index (χ0n) is 17.7. The number of nitrogens with zero attached hydrogens (tertiary/aromatic N) is 1. The van der Waals surface area contributed by atoms with E-state index in [0.29, 0.717) is 24.0 Å². The Kier molecular flexibility index (Phi) is 6.72. The molecule has 0 fully saturated rings. The summed E-state index contributed by atoms with van der Waals surface area (Å²) in [4.78, 5) is 24.6. The average Bonchev–Trinajstić information content (AvgIpc) is 3.05. The molecule has 1 aromatic heterocycles. The van der Waals surface area contributed by atoms with Crippen LogP contribution < -0.4 is 10.1 Å². The number of ether oxygens (including phenoxy) is 2. The van der Waals surface area contributed by atoms with E-state index in [0.717, 1.165) is 22.0 Å². The third kappa shape index (κ3) is 5.17. The maximum Gasteiger partial charge on any atom is 0.342 e. The lowest BCUT2D eigenvalue weighted by molar-refractivity contribution is -0.124. The number of amides is 1. The first kappa shape index (κ1) is 21.4. The van der Waals surface area contributed by atoms with E-state index in [2.05, 4.69) is 10.5 Å². The molecule has 1 amide bonds. The van der Waals surface area contributed by atoms with Crippen LogP contribution in [0.5, 0.6) is 5.75 Å². The molecule has 1 heterocycles. The van der Waals surface area contributed by atoms with Crippen LogP contribution in [0.4, 0.5) is 0 Å². The Bertz CT molecular complexity index is 1040. The molecule has 0 atom stereocenters. The Morgan fingerprint density at radius 1 is 1.13 bits per heavy atom. The number of hydrogen-bond acceptors (Lipinski definition) is 6. The van der Waals surface area contributed by atoms with Gasteiger partial charge in [0.05, 0.1) is 11.3 Å². The molecule has 0 aliphatic heterocycles. The Labute approximate surface area is 175 Å². The van der Waals surface area contributed by atoms with Crippen molar-refractivity contribution in [2.45, 2.75) is 34.3 Å². The summed E-state index contributed by atoms with van der Waals surface area (Å²) >= 11 is 0. The van der Waals surface area contributed by atoms with Crippen molar-refractivity contribution < 1.29 is 23.6 Å². The molecule has 158 valence electrons. The molecular formula is C23H26N2O5. The number of esters is 1. The van der Waals surface area contributed by atoms with Crippen LogP contribution in [0, 0.1) is 19.8 Å². The summed E-state index contributed by atoms with van der Waals surface area (Å²) in [6.45, 7) is 8.01. The van der Waals surface area contributed by atoms with Gasteiger partial charge in [-0.25, -0.2) is 4.79 Å². The molecule has 30 heavy (non-hydrogen) atoms. The molecule has 2 aromatic carbocycles. The van der Waals surface area contributed by atoms with Crippen molar-refractivity contribution in [2.24, 2.45) is 5.92 Å². The van der Waals surface area contributed by atoms with Crippen LogP contribution in [0.1, 0.15) is 41.2 Å². The van der Waals surface area contributed by atoms with Gasteiger partial charge in [0, 0.05) is 6.54 Å². The second-order valence-corrected chi connectivity index (χ2v) is 7.56. The van der Waals surface area contributed by atoms with Gasteiger partial charge in [-0.3, -0.25) is 4.79 Å². The largest absolute Gasteiger partial charge is 0.488 e. The zero-order valence-corrected chi connectivity index (χ0v) is 17.7. The molecule has 3 aromatic rings. The first-order chi connectivity index (χ1) is 14.3. The van der Waals surface area contributed by atoms with E-state index in [-0.39, 0.29) is 24.7 Å². The van der Waals surface area contributed by atoms with Crippen LogP contribution >= 0.6 is 0 Å². The van der Waals surface area contributed by atoms with Gasteiger partial charge in [0.1, 0.15) is 23.7 Å². The minimum Gasteiger partial charge on any atom is -0.488 e. The summed E-state index contributed by atoms with van der Waals surface area (Å²) in [6, 6.07) is 11.2. The topological polar surface area (TPSA) is 90.7 Å². The molecule has 0 radical (unpaired) electrons. The van der Waals surface area contributed by atoms with Crippen LogP contribution in [0.25, 0.3) is 10.8 Å². The number of aryl methyl sites for hydroxylation is 2. The molecule has 0 saturated carbocycles. The van der Waals surface area contributed by atoms with Crippen molar-refractivity contribution in [3.63, 3.8) is 0 Å². The summed E-state index contributed by atoms with van der Waals surface area (Å²) in [5, 5.41) is 8.45. The van der Waals surface area contributed by atoms with E-state index in [9.17, 15) is 9.59 Å². The lowest BCUT2D eigenvalue weighted by Gasteiger charge is -2.13. The van der Waals surface area contributed by atoms with Crippen molar-refractivity contribution in [2.75, 3.05) is 13.2 Å². The number of hydrogen-bond donors (Lipinski definition) is 1. The van der Waals surface area contributed by atoms with Gasteiger partial charge in [-0.1, -0.05) is 43.3 Å². The smallest absolute Gasteiger partial charge is 0.342 e. The third-order valence-corrected chi connectivity index (χ3v) is 4.66. The summed E-state index contributed by atoms with van der Waals surface area (Å²) < 4.78 is 16.4. The van der Waals surface area contributed by atoms with E-state index in [1.54, 1.807) is 12.1 Å². The highest BCUT2D eigenvalue weighted by Crippen LogP contribution is 2.28. The van der Waals surface area contributed by atoms with Crippen molar-refractivity contribution >= 4 is 22.6 Å². The van der Waals surface area contributed by atoms with Gasteiger partial charge in [-0.05, 0) is 42.7 Å². The Morgan fingerprint density at radius 3 is 2.47 bits per heavy atom. The number of aromatic nitrogens is 1. The monoisotopic (exact) mass is 410 g/mol. The van der Waals surface area contributed by atoms with Crippen LogP contribution in [-0.4, -0.2) is 30.2 Å². The summed E-state index contributed by atoms with van der Waals surface area (Å²) in [5.41, 5.74) is 1.83. The quantitative estimate of drug-likeness (QED) is 0.566. The fourth-order valence-corrected chi connectivity index (χ4v) is 2.93. The molecule has 0 bridgehead atoms. The highest BCUT2D eigenvalue weighted by molar-refractivity contribution is 5.99. The summed E-state index contributed by atoms with van der Waals surface area (Å²) in [5.74, 6) is 0.403. The molecule has 3 rings (SSSR count). The predicted molar refractivity (Wildman–Crippen MR) is 112 cm³/mol. The normalized spacial score (nSPS) is 11.0. The van der Waals surface area contributed by atoms with E-state index in [1.807, 2.05) is 52.0 Å². The van der Waals surface area contributed by atoms with Gasteiger partial charge in [0.2, 0.25) is 0 Å². The van der Waals surface area contributed by atoms with Crippen molar-refractivity contribution in [1.29, 1.82) is 0 Å². The Balaban J connectivity index is 1.80. The molecule has 0 aliphatic carbocycles. The van der Waals surface area contributed by atoms with Crippen LogP contribution in [0.3, 0.4) is 0 Å². The molecule has 0 aliphatic rings. The van der Waals surface area contributed by atoms with Crippen molar-refractivity contribution in [3.8, 4) is 5.75 Å². The summed E-state index contributed by atoms with van der Waals surface area (Å²) in [7, 11) is 0. The van der Waals surface area contributed by atoms with Crippen LogP contribution in [-0.2, 0) is 16.1 Å². The summed E-state index contributed by atoms with van der Waals surface area (Å²) in [6.07, 6.45) is 0. The predicted octanol–water partition coefficient (Wildman–Crippen LogP) is 3.95. The second-order valence-electron chi connectivity index (χ2n) is 7.56. The molecular weight excluding hydrogens is 384 g/mol. The highest BCUT2D eigenvalue weighted by atomic mass is 16.5. The van der Waals surface area contributed by atoms with Crippen LogP contribution in [0.2, 0.25) is 0 Å². The van der Waals surface area contributed by atoms with Gasteiger partial charge in [0.15, 0.2) is 6.61 Å². The standard InChI is InChI=1S/C23H26N2O5/c1-14(2)11-24-22(26)13-29-23(27)19-9-17-7-5-6-8-18(17)10-21(19)28-12-20-15(3)25-30-16(20)4/h5-10,14H,11-13H2,1-4H3,(H,24,26). The maximum absolute atomic E-state index is 12.7. The van der Waals surface area contributed by atoms with E-state index in [1.165, 1.54) is 0 Å². The van der Waals surface area contributed by atoms with Gasteiger partial charge < -0.3 is 19.3 Å². The van der Waals surface area contributed by atoms with Gasteiger partial charge in [0.25, 0.3) is 5.91 Å². The molecule has 1 N–H and O–H groups in total. The second kappa shape index (κ2) is 9.43. The number of benzene rings is 2. The van der Waals surface area contributed by atoms with Gasteiger partial charge in [-0.15, -0.1) is 0 Å². The molecule has 7 heteroatoms. The third-order valence-electron chi connectivity index (χ3n) is 4.66. The average molecular weight is 410 g/mol. The molecule has 7 nitrogen and oxygen atoms in total. The number of fused-ring (bicyclic) bond motifs is 1.